The third kappa shape index (κ3) is 3.43. The summed E-state index contributed by atoms with van der Waals surface area (Å²) in [6.07, 6.45) is 2.87. The molecule has 1 unspecified atom stereocenters. The Hall–Kier alpha value is -2.74. The number of hydrogen-bond donors (Lipinski definition) is 2. The second-order valence-electron chi connectivity index (χ2n) is 5.71. The number of fused-ring (bicyclic) bond motifs is 1. The number of nitrogens with one attached hydrogen (secondary N) is 2. The van der Waals surface area contributed by atoms with E-state index in [-0.39, 0.29) is 17.4 Å². The van der Waals surface area contributed by atoms with Crippen LogP contribution in [0.25, 0.3) is 10.9 Å². The van der Waals surface area contributed by atoms with Crippen LogP contribution in [0.1, 0.15) is 29.6 Å². The Morgan fingerprint density at radius 2 is 2.25 bits per heavy atom. The molecule has 0 saturated carbocycles. The van der Waals surface area contributed by atoms with Gasteiger partial charge >= 0.3 is 0 Å². The van der Waals surface area contributed by atoms with Crippen LogP contribution in [0.15, 0.2) is 29.1 Å². The predicted molar refractivity (Wildman–Crippen MR) is 87.1 cm³/mol. The molecule has 8 nitrogen and oxygen atoms in total. The second-order valence-corrected chi connectivity index (χ2v) is 5.71. The van der Waals surface area contributed by atoms with Gasteiger partial charge in [0, 0.05) is 42.3 Å². The molecule has 2 N–H and O–H groups in total. The molecule has 1 aromatic carbocycles. The Kier molecular flexibility index (Phi) is 4.57. The molecule has 0 bridgehead atoms. The zero-order chi connectivity index (χ0) is 17.1. The van der Waals surface area contributed by atoms with E-state index in [0.29, 0.717) is 23.9 Å². The molecule has 126 valence electrons. The van der Waals surface area contributed by atoms with E-state index in [2.05, 4.69) is 10.3 Å². The number of non-ortho nitro benzene ring substituents is 1. The summed E-state index contributed by atoms with van der Waals surface area (Å²) in [5.74, 6) is -0.426. The molecule has 1 aliphatic rings. The Balaban J connectivity index is 1.83. The van der Waals surface area contributed by atoms with E-state index in [1.165, 1.54) is 18.2 Å². The lowest BCUT2D eigenvalue weighted by atomic mass is 10.1. The Morgan fingerprint density at radius 1 is 1.42 bits per heavy atom. The highest BCUT2D eigenvalue weighted by molar-refractivity contribution is 6.06. The molecule has 0 radical (unpaired) electrons. The zero-order valence-electron chi connectivity index (χ0n) is 12.9. The third-order valence-electron chi connectivity index (χ3n) is 4.06. The fourth-order valence-corrected chi connectivity index (χ4v) is 2.86. The van der Waals surface area contributed by atoms with Crippen LogP contribution in [-0.4, -0.2) is 35.1 Å². The lowest BCUT2D eigenvalue weighted by Crippen LogP contribution is -2.28. The van der Waals surface area contributed by atoms with E-state index in [1.807, 2.05) is 0 Å². The average Bonchev–Trinajstić information content (AvgIpc) is 3.06. The average molecular weight is 331 g/mol. The van der Waals surface area contributed by atoms with Crippen LogP contribution in [0.4, 0.5) is 5.69 Å². The van der Waals surface area contributed by atoms with E-state index < -0.39 is 16.4 Å². The van der Waals surface area contributed by atoms with Gasteiger partial charge in [0.2, 0.25) is 5.56 Å². The third-order valence-corrected chi connectivity index (χ3v) is 4.06. The molecule has 1 atom stereocenters. The van der Waals surface area contributed by atoms with Gasteiger partial charge in [-0.3, -0.25) is 19.7 Å². The summed E-state index contributed by atoms with van der Waals surface area (Å²) in [6.45, 7) is 1.17. The second kappa shape index (κ2) is 6.79. The van der Waals surface area contributed by atoms with Crippen LogP contribution < -0.4 is 10.9 Å². The number of amides is 1. The molecule has 1 aliphatic heterocycles. The van der Waals surface area contributed by atoms with Gasteiger partial charge in [0.25, 0.3) is 11.6 Å². The molecule has 2 aromatic rings. The maximum absolute atomic E-state index is 12.4. The van der Waals surface area contributed by atoms with Crippen molar-refractivity contribution in [1.29, 1.82) is 0 Å². The van der Waals surface area contributed by atoms with Crippen molar-refractivity contribution in [2.75, 3.05) is 13.2 Å². The number of benzene rings is 1. The maximum atomic E-state index is 12.4. The Morgan fingerprint density at radius 3 is 2.96 bits per heavy atom. The number of nitrogens with zero attached hydrogens (tertiary/aromatic N) is 1. The van der Waals surface area contributed by atoms with Crippen molar-refractivity contribution >= 4 is 22.5 Å². The standard InChI is InChI=1S/C16H17N3O5/c20-15-9-13(16(21)17-6-5-11-2-1-7-24-11)12-8-10(19(22)23)3-4-14(12)18-15/h3-4,8-9,11H,1-2,5-7H2,(H,17,21)(H,18,20). The van der Waals surface area contributed by atoms with Gasteiger partial charge in [-0.1, -0.05) is 0 Å². The fraction of sp³-hybridized carbons (Fsp3) is 0.375. The van der Waals surface area contributed by atoms with Gasteiger partial charge in [-0.05, 0) is 25.3 Å². The quantitative estimate of drug-likeness (QED) is 0.640. The first-order valence-corrected chi connectivity index (χ1v) is 7.76. The number of aromatic nitrogens is 1. The first-order valence-electron chi connectivity index (χ1n) is 7.76. The number of aromatic amines is 1. The topological polar surface area (TPSA) is 114 Å². The van der Waals surface area contributed by atoms with Gasteiger partial charge in [0.1, 0.15) is 0 Å². The van der Waals surface area contributed by atoms with Crippen molar-refractivity contribution in [2.24, 2.45) is 0 Å². The van der Waals surface area contributed by atoms with Crippen molar-refractivity contribution in [1.82, 2.24) is 10.3 Å². The van der Waals surface area contributed by atoms with Gasteiger partial charge in [0.15, 0.2) is 0 Å². The smallest absolute Gasteiger partial charge is 0.270 e. The Bertz CT molecular complexity index is 839. The van der Waals surface area contributed by atoms with Crippen molar-refractivity contribution in [3.63, 3.8) is 0 Å². The molecule has 1 aromatic heterocycles. The number of rotatable bonds is 5. The summed E-state index contributed by atoms with van der Waals surface area (Å²) < 4.78 is 5.49. The van der Waals surface area contributed by atoms with Gasteiger partial charge in [0.05, 0.1) is 16.6 Å². The number of H-pyrrole nitrogens is 1. The summed E-state index contributed by atoms with van der Waals surface area (Å²) in [7, 11) is 0. The number of carbonyl (C=O) groups excluding carboxylic acids is 1. The highest BCUT2D eigenvalue weighted by atomic mass is 16.6. The fourth-order valence-electron chi connectivity index (χ4n) is 2.86. The number of nitro benzene ring substituents is 1. The first-order chi connectivity index (χ1) is 11.5. The monoisotopic (exact) mass is 331 g/mol. The van der Waals surface area contributed by atoms with Crippen molar-refractivity contribution in [2.45, 2.75) is 25.4 Å². The zero-order valence-corrected chi connectivity index (χ0v) is 12.9. The summed E-state index contributed by atoms with van der Waals surface area (Å²) in [5.41, 5.74) is -0.0502. The van der Waals surface area contributed by atoms with E-state index in [0.717, 1.165) is 25.5 Å². The van der Waals surface area contributed by atoms with Crippen LogP contribution in [0, 0.1) is 10.1 Å². The number of carbonyl (C=O) groups is 1. The molecule has 24 heavy (non-hydrogen) atoms. The minimum atomic E-state index is -0.538. The maximum Gasteiger partial charge on any atom is 0.270 e. The molecule has 1 fully saturated rings. The molecule has 0 aliphatic carbocycles. The van der Waals surface area contributed by atoms with Crippen LogP contribution in [0.3, 0.4) is 0 Å². The summed E-state index contributed by atoms with van der Waals surface area (Å²) >= 11 is 0. The summed E-state index contributed by atoms with van der Waals surface area (Å²) in [6, 6.07) is 5.17. The largest absolute Gasteiger partial charge is 0.378 e. The normalized spacial score (nSPS) is 17.1. The summed E-state index contributed by atoms with van der Waals surface area (Å²) in [5, 5.41) is 14.0. The molecular formula is C16H17N3O5. The summed E-state index contributed by atoms with van der Waals surface area (Å²) in [4.78, 5) is 37.1. The molecule has 1 amide bonds. The molecule has 1 saturated heterocycles. The predicted octanol–water partition coefficient (Wildman–Crippen LogP) is 1.74. The first kappa shape index (κ1) is 16.1. The van der Waals surface area contributed by atoms with Crippen molar-refractivity contribution in [3.05, 3.63) is 50.3 Å². The van der Waals surface area contributed by atoms with Crippen LogP contribution >= 0.6 is 0 Å². The van der Waals surface area contributed by atoms with Crippen LogP contribution in [0.5, 0.6) is 0 Å². The van der Waals surface area contributed by atoms with Gasteiger partial charge in [-0.2, -0.15) is 0 Å². The van der Waals surface area contributed by atoms with E-state index in [1.54, 1.807) is 0 Å². The SMILES string of the molecule is O=C(NCCC1CCCO1)c1cc(=O)[nH]c2ccc([N+](=O)[O-])cc12. The Labute approximate surface area is 137 Å². The molecular weight excluding hydrogens is 314 g/mol. The van der Waals surface area contributed by atoms with Crippen LogP contribution in [-0.2, 0) is 4.74 Å². The van der Waals surface area contributed by atoms with E-state index in [4.69, 9.17) is 4.74 Å². The van der Waals surface area contributed by atoms with Gasteiger partial charge in [-0.15, -0.1) is 0 Å². The highest BCUT2D eigenvalue weighted by Crippen LogP contribution is 2.21. The number of pyridine rings is 1. The lowest BCUT2D eigenvalue weighted by Gasteiger charge is -2.11. The molecule has 0 spiro atoms. The molecule has 8 heteroatoms. The van der Waals surface area contributed by atoms with Crippen molar-refractivity contribution < 1.29 is 14.5 Å². The molecule has 2 heterocycles. The minimum absolute atomic E-state index is 0.129. The lowest BCUT2D eigenvalue weighted by molar-refractivity contribution is -0.384. The van der Waals surface area contributed by atoms with Gasteiger partial charge in [-0.25, -0.2) is 0 Å². The van der Waals surface area contributed by atoms with Crippen molar-refractivity contribution in [3.8, 4) is 0 Å². The number of nitro groups is 1. The highest BCUT2D eigenvalue weighted by Gasteiger charge is 2.17. The number of hydrogen-bond acceptors (Lipinski definition) is 5. The van der Waals surface area contributed by atoms with Crippen LogP contribution in [0.2, 0.25) is 0 Å². The molecule has 3 rings (SSSR count). The van der Waals surface area contributed by atoms with E-state index in [9.17, 15) is 19.7 Å². The van der Waals surface area contributed by atoms with Gasteiger partial charge < -0.3 is 15.0 Å². The minimum Gasteiger partial charge on any atom is -0.378 e. The number of ether oxygens (including phenoxy) is 1. The van der Waals surface area contributed by atoms with E-state index >= 15 is 0 Å².